The van der Waals surface area contributed by atoms with Crippen LogP contribution < -0.4 is 0 Å². The van der Waals surface area contributed by atoms with E-state index in [2.05, 4.69) is 36.4 Å². The Morgan fingerprint density at radius 2 is 1.09 bits per heavy atom. The molecule has 3 heterocycles. The zero-order valence-corrected chi connectivity index (χ0v) is 40.4. The van der Waals surface area contributed by atoms with Gasteiger partial charge in [0.2, 0.25) is 5.60 Å². The van der Waals surface area contributed by atoms with Crippen LogP contribution in [-0.2, 0) is 47.6 Å². The summed E-state index contributed by atoms with van der Waals surface area (Å²) in [6.07, 6.45) is -2.71. The summed E-state index contributed by atoms with van der Waals surface area (Å²) in [7, 11) is 0. The lowest BCUT2D eigenvalue weighted by atomic mass is 9.39. The van der Waals surface area contributed by atoms with Crippen LogP contribution in [0.2, 0.25) is 0 Å². The van der Waals surface area contributed by atoms with Gasteiger partial charge in [0.15, 0.2) is 35.0 Å². The molecule has 1 spiro atoms. The Hall–Kier alpha value is -2.96. The van der Waals surface area contributed by atoms with Gasteiger partial charge in [-0.05, 0) is 87.4 Å². The van der Waals surface area contributed by atoms with Crippen LogP contribution in [0.4, 0.5) is 9.59 Å². The minimum atomic E-state index is -2.18. The zero-order valence-electron chi connectivity index (χ0n) is 38.9. The summed E-state index contributed by atoms with van der Waals surface area (Å²) in [5.74, 6) is -3.42. The Morgan fingerprint density at radius 1 is 0.688 bits per heavy atom. The molecule has 4 aliphatic carbocycles. The van der Waals surface area contributed by atoms with Crippen LogP contribution in [0.15, 0.2) is 25.3 Å². The fourth-order valence-corrected chi connectivity index (χ4v) is 14.0. The highest BCUT2D eigenvalue weighted by atomic mass is 35.5. The molecule has 0 aromatic rings. The van der Waals surface area contributed by atoms with Crippen LogP contribution in [0.5, 0.6) is 0 Å². The van der Waals surface area contributed by atoms with Crippen molar-refractivity contribution in [3.05, 3.63) is 25.3 Å². The van der Waals surface area contributed by atoms with E-state index in [9.17, 15) is 44.4 Å². The number of aliphatic hydroxyl groups is 4. The van der Waals surface area contributed by atoms with Gasteiger partial charge in [0.1, 0.15) is 11.7 Å². The maximum absolute atomic E-state index is 14.0. The van der Waals surface area contributed by atoms with E-state index in [1.165, 1.54) is 32.9 Å². The minimum absolute atomic E-state index is 0.0717. The van der Waals surface area contributed by atoms with Crippen molar-refractivity contribution in [3.8, 4) is 0 Å². The quantitative estimate of drug-likeness (QED) is 0.113. The molecule has 0 aromatic heterocycles. The topological polar surface area (TPSA) is 239 Å². The van der Waals surface area contributed by atoms with Crippen LogP contribution in [0, 0.1) is 33.5 Å². The minimum Gasteiger partial charge on any atom is -0.457 e. The number of esters is 2. The fourth-order valence-electron chi connectivity index (χ4n) is 14.0. The molecule has 7 rings (SSSR count). The fraction of sp³-hybridized carbons (Fsp3) is 0.783. The van der Waals surface area contributed by atoms with E-state index in [0.29, 0.717) is 25.7 Å². The summed E-state index contributed by atoms with van der Waals surface area (Å²) in [5, 5.41) is 46.4. The average molecular weight is 946 g/mol. The third kappa shape index (κ3) is 7.21. The van der Waals surface area contributed by atoms with Crippen LogP contribution >= 0.6 is 23.2 Å². The molecule has 0 aromatic carbocycles. The van der Waals surface area contributed by atoms with Gasteiger partial charge in [-0.3, -0.25) is 24.0 Å². The normalized spacial score (nSPS) is 48.1. The highest BCUT2D eigenvalue weighted by molar-refractivity contribution is 6.93. The van der Waals surface area contributed by atoms with E-state index in [1.807, 2.05) is 34.6 Å². The van der Waals surface area contributed by atoms with Crippen molar-refractivity contribution >= 4 is 57.6 Å². The predicted octanol–water partition coefficient (Wildman–Crippen LogP) is 5.81. The number of carbonyl (C=O) groups is 6. The van der Waals surface area contributed by atoms with Crippen molar-refractivity contribution in [2.75, 3.05) is 0 Å². The van der Waals surface area contributed by atoms with E-state index in [4.69, 9.17) is 33.2 Å². The molecule has 360 valence electrons. The largest absolute Gasteiger partial charge is 0.509 e. The van der Waals surface area contributed by atoms with Gasteiger partial charge in [0, 0.05) is 43.9 Å². The first-order valence-electron chi connectivity index (χ1n) is 21.6. The molecule has 0 bridgehead atoms. The number of halogens is 2. The lowest BCUT2D eigenvalue weighted by Gasteiger charge is -2.72. The molecule has 7 aliphatic rings. The summed E-state index contributed by atoms with van der Waals surface area (Å²) in [6.45, 7) is 27.8. The SMILES string of the molecule is C=C[C@@]1(C)CC(=O)[C@@]2(O)[C@](C)(O1)[C@@H](OC(C)=O)[C@@H](O)C1C(C)(C)CC[C@H](O)[C@@]12C.C=C[C@@]1(C)CC(=O)[C@@]23OC(=O)O[C@H]4CCC(C)(C)C([C@H](O)[C@H](OC(C)=O)[C@@]2(C)O1)[C@]43C.O=C(Cl)Cl. The molecule has 4 saturated carbocycles. The lowest BCUT2D eigenvalue weighted by Crippen LogP contribution is -2.89. The summed E-state index contributed by atoms with van der Waals surface area (Å²) in [4.78, 5) is 73.2. The van der Waals surface area contributed by atoms with Gasteiger partial charge in [0.05, 0.1) is 34.9 Å². The maximum Gasteiger partial charge on any atom is 0.509 e. The van der Waals surface area contributed by atoms with Gasteiger partial charge in [-0.2, -0.15) is 0 Å². The van der Waals surface area contributed by atoms with Crippen molar-refractivity contribution in [3.63, 3.8) is 0 Å². The van der Waals surface area contributed by atoms with Crippen molar-refractivity contribution in [1.29, 1.82) is 0 Å². The second-order valence-corrected chi connectivity index (χ2v) is 22.2. The Labute approximate surface area is 384 Å². The zero-order chi connectivity index (χ0) is 49.0. The number of ketones is 2. The van der Waals surface area contributed by atoms with E-state index in [1.54, 1.807) is 27.7 Å². The smallest absolute Gasteiger partial charge is 0.457 e. The van der Waals surface area contributed by atoms with E-state index in [-0.39, 0.29) is 18.6 Å². The standard InChI is InChI=1S/C23H32O8.C22H34O7.CCl2O/c1-8-20(5)11-13(25)23-21(6)14(29-18(27)30-23)9-10-19(3,4)16(21)15(26)17(28-12(2)24)22(23,7)31-20;1-8-19(5)11-14(25)22(27)20(6)13(24)9-10-18(3,4)16(20)15(26)17(28-12(2)23)21(22,7)29-19;2-1(3)4/h8,14-17,26H,1,9-11H2,2-7H3;8,13,15-17,24,26-27H,1,9-11H2,2-7H3;/t14-,15-,16?,17-,20-,21-,22+,23-;13-,15-,16?,17-,19-,20-,21+,22-;/m00./s1. The number of ether oxygens (including phenoxy) is 6. The Bertz CT molecular complexity index is 1990. The Morgan fingerprint density at radius 3 is 1.55 bits per heavy atom. The van der Waals surface area contributed by atoms with Gasteiger partial charge in [-0.1, -0.05) is 53.7 Å². The van der Waals surface area contributed by atoms with Gasteiger partial charge in [-0.25, -0.2) is 4.79 Å². The molecular weight excluding hydrogens is 879 g/mol. The molecule has 3 aliphatic heterocycles. The van der Waals surface area contributed by atoms with Gasteiger partial charge in [-0.15, -0.1) is 13.2 Å². The summed E-state index contributed by atoms with van der Waals surface area (Å²) >= 11 is 8.80. The molecular formula is C46H66Cl2O16. The van der Waals surface area contributed by atoms with Gasteiger partial charge < -0.3 is 48.8 Å². The number of rotatable bonds is 4. The lowest BCUT2D eigenvalue weighted by molar-refractivity contribution is -0.386. The number of fused-ring (bicyclic) bond motifs is 3. The number of hydrogen-bond acceptors (Lipinski definition) is 16. The molecule has 16 nitrogen and oxygen atoms in total. The molecule has 3 saturated heterocycles. The van der Waals surface area contributed by atoms with Crippen LogP contribution in [0.3, 0.4) is 0 Å². The van der Waals surface area contributed by atoms with E-state index < -0.39 is 132 Å². The monoisotopic (exact) mass is 944 g/mol. The van der Waals surface area contributed by atoms with Crippen molar-refractivity contribution in [1.82, 2.24) is 0 Å². The van der Waals surface area contributed by atoms with Crippen LogP contribution in [0.1, 0.15) is 122 Å². The Kier molecular flexibility index (Phi) is 13.3. The second kappa shape index (κ2) is 16.4. The predicted molar refractivity (Wildman–Crippen MR) is 230 cm³/mol. The van der Waals surface area contributed by atoms with Crippen LogP contribution in [-0.4, -0.2) is 125 Å². The summed E-state index contributed by atoms with van der Waals surface area (Å²) in [5.41, 5.74) is -13.1. The first kappa shape index (κ1) is 52.0. The van der Waals surface area contributed by atoms with Crippen molar-refractivity contribution < 1.29 is 77.6 Å². The number of aliphatic hydroxyl groups excluding tert-OH is 3. The highest BCUT2D eigenvalue weighted by Gasteiger charge is 2.86. The first-order valence-corrected chi connectivity index (χ1v) is 22.4. The van der Waals surface area contributed by atoms with E-state index in [0.717, 1.165) is 0 Å². The molecule has 18 heteroatoms. The molecule has 7 fully saturated rings. The number of carbonyl (C=O) groups excluding carboxylic acids is 6. The van der Waals surface area contributed by atoms with E-state index >= 15 is 0 Å². The third-order valence-corrected chi connectivity index (χ3v) is 16.4. The number of hydrogen-bond donors (Lipinski definition) is 4. The summed E-state index contributed by atoms with van der Waals surface area (Å²) in [6, 6.07) is 0. The Balaban J connectivity index is 0.000000223. The molecule has 4 N–H and O–H groups in total. The molecule has 2 unspecified atom stereocenters. The first-order chi connectivity index (χ1) is 29.0. The van der Waals surface area contributed by atoms with Gasteiger partial charge >= 0.3 is 22.8 Å². The molecule has 16 atom stereocenters. The van der Waals surface area contributed by atoms with Gasteiger partial charge in [0.25, 0.3) is 0 Å². The average Bonchev–Trinajstić information content (AvgIpc) is 3.14. The van der Waals surface area contributed by atoms with Crippen molar-refractivity contribution in [2.24, 2.45) is 33.5 Å². The molecule has 0 amide bonds. The third-order valence-electron chi connectivity index (χ3n) is 16.4. The second-order valence-electron chi connectivity index (χ2n) is 21.4. The maximum atomic E-state index is 14.0. The van der Waals surface area contributed by atoms with Crippen LogP contribution in [0.25, 0.3) is 0 Å². The highest BCUT2D eigenvalue weighted by Crippen LogP contribution is 2.71. The molecule has 64 heavy (non-hydrogen) atoms. The number of Topliss-reactive ketones (excluding diaryl/α,β-unsaturated/α-hetero) is 2. The van der Waals surface area contributed by atoms with Crippen molar-refractivity contribution in [2.45, 2.75) is 192 Å². The summed E-state index contributed by atoms with van der Waals surface area (Å²) < 4.78 is 34.4. The molecule has 0 radical (unpaired) electrons.